The van der Waals surface area contributed by atoms with Gasteiger partial charge in [-0.25, -0.2) is 0 Å². The van der Waals surface area contributed by atoms with Crippen molar-refractivity contribution in [3.63, 3.8) is 0 Å². The van der Waals surface area contributed by atoms with Crippen LogP contribution in [0.25, 0.3) is 0 Å². The highest BCUT2D eigenvalue weighted by Gasteiger charge is 1.74. The van der Waals surface area contributed by atoms with Crippen LogP contribution in [-0.4, -0.2) is 0 Å². The number of rotatable bonds is 3. The lowest BCUT2D eigenvalue weighted by Gasteiger charge is -1.85. The third-order valence-corrected chi connectivity index (χ3v) is 0.906. The molecule has 0 aliphatic carbocycles. The quantitative estimate of drug-likeness (QED) is 0.421. The van der Waals surface area contributed by atoms with Crippen molar-refractivity contribution in [2.75, 3.05) is 0 Å². The molecule has 0 aromatic carbocycles. The summed E-state index contributed by atoms with van der Waals surface area (Å²) in [6.45, 7) is 11.8. The molecule has 0 unspecified atom stereocenters. The van der Waals surface area contributed by atoms with Crippen LogP contribution in [0.15, 0.2) is 36.5 Å². The van der Waals surface area contributed by atoms with Crippen molar-refractivity contribution >= 4 is 0 Å². The summed E-state index contributed by atoms with van der Waals surface area (Å²) in [6.07, 6.45) is 9.15. The zero-order chi connectivity index (χ0) is 9.11. The minimum Gasteiger partial charge on any atom is -0.0998 e. The molecule has 0 atom stereocenters. The van der Waals surface area contributed by atoms with E-state index in [9.17, 15) is 0 Å². The molecular weight excluding hydrogens is 132 g/mol. The lowest BCUT2D eigenvalue weighted by atomic mass is 10.2. The maximum absolute atomic E-state index is 3.78. The Morgan fingerprint density at radius 1 is 1.27 bits per heavy atom. The molecular formula is C11H20. The summed E-state index contributed by atoms with van der Waals surface area (Å²) in [5.74, 6) is 0. The second-order valence-corrected chi connectivity index (χ2v) is 2.12. The van der Waals surface area contributed by atoms with Crippen LogP contribution < -0.4 is 0 Å². The van der Waals surface area contributed by atoms with Crippen molar-refractivity contribution in [1.29, 1.82) is 0 Å². The van der Waals surface area contributed by atoms with Crippen molar-refractivity contribution in [2.24, 2.45) is 0 Å². The fourth-order valence-electron chi connectivity index (χ4n) is 0.459. The smallest absolute Gasteiger partial charge is 0.0141 e. The number of hydrogen-bond acceptors (Lipinski definition) is 0. The van der Waals surface area contributed by atoms with E-state index in [4.69, 9.17) is 0 Å². The molecule has 0 aliphatic rings. The van der Waals surface area contributed by atoms with E-state index < -0.39 is 0 Å². The van der Waals surface area contributed by atoms with Gasteiger partial charge in [0, 0.05) is 0 Å². The van der Waals surface area contributed by atoms with Crippen LogP contribution in [0.5, 0.6) is 0 Å². The summed E-state index contributed by atoms with van der Waals surface area (Å²) in [7, 11) is 0. The van der Waals surface area contributed by atoms with Crippen LogP contribution in [0.2, 0.25) is 0 Å². The fraction of sp³-hybridized carbons (Fsp3) is 0.455. The Labute approximate surface area is 71.3 Å². The van der Waals surface area contributed by atoms with Crippen LogP contribution in [0.4, 0.5) is 0 Å². The van der Waals surface area contributed by atoms with E-state index in [-0.39, 0.29) is 0 Å². The van der Waals surface area contributed by atoms with Gasteiger partial charge in [0.15, 0.2) is 0 Å². The molecule has 0 rings (SSSR count). The Bertz CT molecular complexity index is 127. The highest BCUT2D eigenvalue weighted by molar-refractivity contribution is 5.06. The molecule has 0 spiro atoms. The molecule has 64 valence electrons. The Morgan fingerprint density at radius 2 is 1.82 bits per heavy atom. The number of allylic oxidation sites excluding steroid dienone is 5. The molecule has 0 nitrogen and oxygen atoms in total. The van der Waals surface area contributed by atoms with Gasteiger partial charge < -0.3 is 0 Å². The van der Waals surface area contributed by atoms with E-state index in [0.717, 1.165) is 6.42 Å². The van der Waals surface area contributed by atoms with Crippen molar-refractivity contribution in [1.82, 2.24) is 0 Å². The van der Waals surface area contributed by atoms with Gasteiger partial charge in [0.25, 0.3) is 0 Å². The van der Waals surface area contributed by atoms with Gasteiger partial charge in [-0.2, -0.15) is 0 Å². The molecule has 0 saturated heterocycles. The molecule has 0 N–H and O–H groups in total. The van der Waals surface area contributed by atoms with Crippen molar-refractivity contribution in [2.45, 2.75) is 34.1 Å². The highest BCUT2D eigenvalue weighted by atomic mass is 13.8. The lowest BCUT2D eigenvalue weighted by molar-refractivity contribution is 1.23. The molecule has 0 heterocycles. The van der Waals surface area contributed by atoms with Gasteiger partial charge in [-0.05, 0) is 20.3 Å². The second-order valence-electron chi connectivity index (χ2n) is 2.12. The lowest BCUT2D eigenvalue weighted by Crippen LogP contribution is -1.64. The molecule has 0 heteroatoms. The topological polar surface area (TPSA) is 0 Å². The van der Waals surface area contributed by atoms with Crippen molar-refractivity contribution in [3.8, 4) is 0 Å². The predicted octanol–water partition coefficient (Wildman–Crippen LogP) is 4.11. The Balaban J connectivity index is 0. The van der Waals surface area contributed by atoms with Crippen LogP contribution >= 0.6 is 0 Å². The van der Waals surface area contributed by atoms with Crippen molar-refractivity contribution in [3.05, 3.63) is 36.5 Å². The van der Waals surface area contributed by atoms with Crippen molar-refractivity contribution < 1.29 is 0 Å². The summed E-state index contributed by atoms with van der Waals surface area (Å²) in [5, 5.41) is 0. The van der Waals surface area contributed by atoms with E-state index in [2.05, 4.69) is 12.7 Å². The van der Waals surface area contributed by atoms with E-state index in [1.165, 1.54) is 5.57 Å². The van der Waals surface area contributed by atoms with Gasteiger partial charge in [-0.1, -0.05) is 50.3 Å². The SMILES string of the molecule is C=C(C)C/C=C\C=C/C.CC. The highest BCUT2D eigenvalue weighted by Crippen LogP contribution is 1.95. The summed E-state index contributed by atoms with van der Waals surface area (Å²) in [4.78, 5) is 0. The third-order valence-electron chi connectivity index (χ3n) is 0.906. The normalized spacial score (nSPS) is 9.82. The molecule has 0 amide bonds. The average Bonchev–Trinajstić information content (AvgIpc) is 2.02. The van der Waals surface area contributed by atoms with Gasteiger partial charge in [0.1, 0.15) is 0 Å². The summed E-state index contributed by atoms with van der Waals surface area (Å²) >= 11 is 0. The second kappa shape index (κ2) is 12.0. The largest absolute Gasteiger partial charge is 0.0998 e. The maximum Gasteiger partial charge on any atom is -0.0141 e. The van der Waals surface area contributed by atoms with Crippen LogP contribution in [-0.2, 0) is 0 Å². The molecule has 0 fully saturated rings. The first-order valence-corrected chi connectivity index (χ1v) is 4.19. The molecule has 11 heavy (non-hydrogen) atoms. The predicted molar refractivity (Wildman–Crippen MR) is 54.7 cm³/mol. The molecule has 0 aromatic heterocycles. The van der Waals surface area contributed by atoms with Gasteiger partial charge in [-0.3, -0.25) is 0 Å². The molecule has 0 aliphatic heterocycles. The number of hydrogen-bond donors (Lipinski definition) is 0. The standard InChI is InChI=1S/C9H14.C2H6/c1-4-5-6-7-8-9(2)3;1-2/h4-7H,2,8H2,1,3H3;1-2H3/b5-4-,7-6-;. The van der Waals surface area contributed by atoms with Gasteiger partial charge in [-0.15, -0.1) is 0 Å². The monoisotopic (exact) mass is 152 g/mol. The van der Waals surface area contributed by atoms with Gasteiger partial charge in [0.2, 0.25) is 0 Å². The van der Waals surface area contributed by atoms with E-state index in [0.29, 0.717) is 0 Å². The zero-order valence-corrected chi connectivity index (χ0v) is 8.22. The summed E-state index contributed by atoms with van der Waals surface area (Å²) in [5.41, 5.74) is 1.20. The zero-order valence-electron chi connectivity index (χ0n) is 8.22. The van der Waals surface area contributed by atoms with Crippen LogP contribution in [0, 0.1) is 0 Å². The Hall–Kier alpha value is -0.780. The van der Waals surface area contributed by atoms with E-state index in [1.54, 1.807) is 0 Å². The van der Waals surface area contributed by atoms with E-state index in [1.807, 2.05) is 45.9 Å². The van der Waals surface area contributed by atoms with Gasteiger partial charge >= 0.3 is 0 Å². The maximum atomic E-state index is 3.78. The first-order chi connectivity index (χ1) is 5.27. The summed E-state index contributed by atoms with van der Waals surface area (Å²) < 4.78 is 0. The molecule has 0 aromatic rings. The molecule has 0 saturated carbocycles. The first-order valence-electron chi connectivity index (χ1n) is 4.19. The first kappa shape index (κ1) is 12.9. The summed E-state index contributed by atoms with van der Waals surface area (Å²) in [6, 6.07) is 0. The Morgan fingerprint density at radius 3 is 2.18 bits per heavy atom. The molecule has 0 radical (unpaired) electrons. The van der Waals surface area contributed by atoms with Crippen LogP contribution in [0.3, 0.4) is 0 Å². The average molecular weight is 152 g/mol. The minimum absolute atomic E-state index is 0.990. The van der Waals surface area contributed by atoms with E-state index >= 15 is 0 Å². The molecule has 0 bridgehead atoms. The van der Waals surface area contributed by atoms with Gasteiger partial charge in [0.05, 0.1) is 0 Å². The van der Waals surface area contributed by atoms with Crippen LogP contribution in [0.1, 0.15) is 34.1 Å². The fourth-order valence-corrected chi connectivity index (χ4v) is 0.459. The minimum atomic E-state index is 0.990. The third kappa shape index (κ3) is 17.6. The Kier molecular flexibility index (Phi) is 14.0.